The molecule has 0 aromatic heterocycles. The van der Waals surface area contributed by atoms with Crippen LogP contribution < -0.4 is 0 Å². The van der Waals surface area contributed by atoms with Crippen LogP contribution in [0.2, 0.25) is 0 Å². The van der Waals surface area contributed by atoms with Gasteiger partial charge in [0.05, 0.1) is 12.2 Å². The molecule has 4 aliphatic rings. The zero-order valence-electron chi connectivity index (χ0n) is 19.7. The summed E-state index contributed by atoms with van der Waals surface area (Å²) >= 11 is 0. The van der Waals surface area contributed by atoms with Crippen LogP contribution in [0.25, 0.3) is 0 Å². The fourth-order valence-electron chi connectivity index (χ4n) is 9.09. The van der Waals surface area contributed by atoms with Gasteiger partial charge in [0.1, 0.15) is 0 Å². The van der Waals surface area contributed by atoms with Gasteiger partial charge in [-0.2, -0.15) is 0 Å². The van der Waals surface area contributed by atoms with Crippen LogP contribution in [0.5, 0.6) is 0 Å². The van der Waals surface area contributed by atoms with E-state index in [1.165, 1.54) is 44.1 Å². The van der Waals surface area contributed by atoms with Crippen molar-refractivity contribution in [1.29, 1.82) is 0 Å². The Morgan fingerprint density at radius 3 is 2.34 bits per heavy atom. The van der Waals surface area contributed by atoms with Crippen molar-refractivity contribution in [3.63, 3.8) is 0 Å². The van der Waals surface area contributed by atoms with Crippen molar-refractivity contribution < 1.29 is 10.2 Å². The van der Waals surface area contributed by atoms with Crippen LogP contribution in [-0.2, 0) is 0 Å². The van der Waals surface area contributed by atoms with Crippen LogP contribution in [0.15, 0.2) is 11.6 Å². The SMILES string of the molecule is CC(C)=CCC[C@@H](C)[C@H]1CC[C@H]2[C@@H]3CC(O)C4CC(O)CC[C@]4(C)[C@H]3CC[C@]12C. The first kappa shape index (κ1) is 21.9. The van der Waals surface area contributed by atoms with E-state index in [1.54, 1.807) is 0 Å². The molecule has 0 saturated heterocycles. The summed E-state index contributed by atoms with van der Waals surface area (Å²) < 4.78 is 0. The molecule has 0 aromatic carbocycles. The van der Waals surface area contributed by atoms with Gasteiger partial charge in [-0.15, -0.1) is 0 Å². The van der Waals surface area contributed by atoms with Crippen LogP contribution in [0.1, 0.15) is 98.8 Å². The number of allylic oxidation sites excluding steroid dienone is 2. The van der Waals surface area contributed by atoms with Crippen molar-refractivity contribution in [2.45, 2.75) is 111 Å². The van der Waals surface area contributed by atoms with E-state index in [0.717, 1.165) is 49.4 Å². The molecule has 0 radical (unpaired) electrons. The molecule has 4 rings (SSSR count). The van der Waals surface area contributed by atoms with Crippen molar-refractivity contribution in [2.75, 3.05) is 0 Å². The summed E-state index contributed by atoms with van der Waals surface area (Å²) in [5, 5.41) is 21.4. The Morgan fingerprint density at radius 2 is 1.62 bits per heavy atom. The highest BCUT2D eigenvalue weighted by molar-refractivity contribution is 5.11. The summed E-state index contributed by atoms with van der Waals surface area (Å²) in [6.07, 6.45) is 14.0. The molecule has 0 spiro atoms. The summed E-state index contributed by atoms with van der Waals surface area (Å²) in [6, 6.07) is 0. The van der Waals surface area contributed by atoms with E-state index in [0.29, 0.717) is 17.3 Å². The van der Waals surface area contributed by atoms with Gasteiger partial charge in [0.2, 0.25) is 0 Å². The molecule has 0 heterocycles. The van der Waals surface area contributed by atoms with Gasteiger partial charge in [0.15, 0.2) is 0 Å². The maximum Gasteiger partial charge on any atom is 0.0577 e. The lowest BCUT2D eigenvalue weighted by Gasteiger charge is -2.62. The molecule has 0 aliphatic heterocycles. The second-order valence-electron chi connectivity index (χ2n) is 12.3. The number of hydrogen-bond donors (Lipinski definition) is 2. The van der Waals surface area contributed by atoms with Gasteiger partial charge in [-0.05, 0) is 124 Å². The maximum absolute atomic E-state index is 11.2. The first-order valence-electron chi connectivity index (χ1n) is 12.7. The number of hydrogen-bond acceptors (Lipinski definition) is 2. The first-order chi connectivity index (χ1) is 13.7. The maximum atomic E-state index is 11.2. The van der Waals surface area contributed by atoms with Gasteiger partial charge in [0, 0.05) is 0 Å². The Morgan fingerprint density at radius 1 is 0.931 bits per heavy atom. The minimum Gasteiger partial charge on any atom is -0.393 e. The van der Waals surface area contributed by atoms with Crippen LogP contribution in [0.4, 0.5) is 0 Å². The van der Waals surface area contributed by atoms with Crippen LogP contribution in [0.3, 0.4) is 0 Å². The summed E-state index contributed by atoms with van der Waals surface area (Å²) in [5.41, 5.74) is 2.17. The van der Waals surface area contributed by atoms with Gasteiger partial charge < -0.3 is 10.2 Å². The molecule has 4 saturated carbocycles. The molecule has 4 aliphatic carbocycles. The first-order valence-corrected chi connectivity index (χ1v) is 12.7. The quantitative estimate of drug-likeness (QED) is 0.537. The topological polar surface area (TPSA) is 40.5 Å². The predicted molar refractivity (Wildman–Crippen MR) is 120 cm³/mol. The smallest absolute Gasteiger partial charge is 0.0577 e. The monoisotopic (exact) mass is 402 g/mol. The Bertz CT molecular complexity index is 622. The van der Waals surface area contributed by atoms with Crippen molar-refractivity contribution in [3.05, 3.63) is 11.6 Å². The minimum absolute atomic E-state index is 0.189. The Hall–Kier alpha value is -0.340. The lowest BCUT2D eigenvalue weighted by molar-refractivity contribution is -0.172. The third kappa shape index (κ3) is 3.65. The third-order valence-corrected chi connectivity index (χ3v) is 10.6. The molecular formula is C27H46O2. The molecule has 2 nitrogen and oxygen atoms in total. The van der Waals surface area contributed by atoms with E-state index in [9.17, 15) is 10.2 Å². The van der Waals surface area contributed by atoms with Crippen LogP contribution in [0, 0.1) is 46.3 Å². The van der Waals surface area contributed by atoms with Crippen molar-refractivity contribution in [3.8, 4) is 0 Å². The number of aliphatic hydroxyl groups excluding tert-OH is 2. The standard InChI is InChI=1S/C27H46O2/c1-17(2)7-6-8-18(3)21-9-10-22-20-16-25(29)24-15-19(28)11-13-27(24,5)23(20)12-14-26(21,22)4/h7,18-25,28-29H,6,8-16H2,1-5H3/t18-,19?,20+,21-,22+,23+,24?,25?,26-,27-/m1/s1. The normalized spacial score (nSPS) is 50.2. The lowest BCUT2D eigenvalue weighted by atomic mass is 9.44. The molecule has 2 heteroatoms. The third-order valence-electron chi connectivity index (χ3n) is 10.6. The van der Waals surface area contributed by atoms with Crippen LogP contribution >= 0.6 is 0 Å². The van der Waals surface area contributed by atoms with Crippen molar-refractivity contribution >= 4 is 0 Å². The van der Waals surface area contributed by atoms with Crippen LogP contribution in [-0.4, -0.2) is 22.4 Å². The second-order valence-corrected chi connectivity index (χ2v) is 12.3. The van der Waals surface area contributed by atoms with E-state index in [-0.39, 0.29) is 17.6 Å². The zero-order chi connectivity index (χ0) is 21.0. The highest BCUT2D eigenvalue weighted by Gasteiger charge is 2.62. The van der Waals surface area contributed by atoms with E-state index in [1.807, 2.05) is 0 Å². The van der Waals surface area contributed by atoms with E-state index in [2.05, 4.69) is 40.7 Å². The fraction of sp³-hybridized carbons (Fsp3) is 0.926. The molecule has 166 valence electrons. The molecule has 10 atom stereocenters. The van der Waals surface area contributed by atoms with Crippen molar-refractivity contribution in [1.82, 2.24) is 0 Å². The molecule has 0 bridgehead atoms. The Balaban J connectivity index is 1.52. The molecule has 2 N–H and O–H groups in total. The highest BCUT2D eigenvalue weighted by atomic mass is 16.3. The number of fused-ring (bicyclic) bond motifs is 5. The summed E-state index contributed by atoms with van der Waals surface area (Å²) in [7, 11) is 0. The molecule has 3 unspecified atom stereocenters. The van der Waals surface area contributed by atoms with Gasteiger partial charge in [-0.1, -0.05) is 32.4 Å². The molecular weight excluding hydrogens is 356 g/mol. The van der Waals surface area contributed by atoms with E-state index in [4.69, 9.17) is 0 Å². The number of rotatable bonds is 4. The summed E-state index contributed by atoms with van der Waals surface area (Å²) in [5.74, 6) is 4.25. The largest absolute Gasteiger partial charge is 0.393 e. The lowest BCUT2D eigenvalue weighted by Crippen LogP contribution is -2.58. The average molecular weight is 403 g/mol. The zero-order valence-corrected chi connectivity index (χ0v) is 19.7. The van der Waals surface area contributed by atoms with Gasteiger partial charge in [-0.3, -0.25) is 0 Å². The van der Waals surface area contributed by atoms with Crippen molar-refractivity contribution in [2.24, 2.45) is 46.3 Å². The molecule has 0 aromatic rings. The Kier molecular flexibility index (Phi) is 6.01. The minimum atomic E-state index is -0.201. The summed E-state index contributed by atoms with van der Waals surface area (Å²) in [4.78, 5) is 0. The summed E-state index contributed by atoms with van der Waals surface area (Å²) in [6.45, 7) is 12.0. The molecule has 0 amide bonds. The van der Waals surface area contributed by atoms with Gasteiger partial charge in [0.25, 0.3) is 0 Å². The number of aliphatic hydroxyl groups is 2. The van der Waals surface area contributed by atoms with Gasteiger partial charge in [-0.25, -0.2) is 0 Å². The van der Waals surface area contributed by atoms with E-state index < -0.39 is 0 Å². The fourth-order valence-corrected chi connectivity index (χ4v) is 9.09. The average Bonchev–Trinajstić information content (AvgIpc) is 3.00. The highest BCUT2D eigenvalue weighted by Crippen LogP contribution is 2.68. The Labute approximate surface area is 179 Å². The molecule has 29 heavy (non-hydrogen) atoms. The molecule has 4 fully saturated rings. The second kappa shape index (κ2) is 7.97. The predicted octanol–water partition coefficient (Wildman–Crippen LogP) is 6.36. The van der Waals surface area contributed by atoms with Gasteiger partial charge >= 0.3 is 0 Å². The van der Waals surface area contributed by atoms with E-state index >= 15 is 0 Å².